The Hall–Kier alpha value is -1.92. The number of carbonyl (C=O) groups excluding carboxylic acids is 2. The van der Waals surface area contributed by atoms with Crippen LogP contribution in [-0.4, -0.2) is 50.6 Å². The lowest BCUT2D eigenvalue weighted by molar-refractivity contribution is 0.0473. The highest BCUT2D eigenvalue weighted by molar-refractivity contribution is 5.95. The highest BCUT2D eigenvalue weighted by Gasteiger charge is 2.27. The summed E-state index contributed by atoms with van der Waals surface area (Å²) in [5.41, 5.74) is 1.34. The Morgan fingerprint density at radius 1 is 0.958 bits per heavy atom. The van der Waals surface area contributed by atoms with Gasteiger partial charge in [-0.25, -0.2) is 9.59 Å². The first-order valence-corrected chi connectivity index (χ1v) is 8.06. The van der Waals surface area contributed by atoms with Gasteiger partial charge < -0.3 is 18.9 Å². The zero-order chi connectivity index (χ0) is 17.3. The van der Waals surface area contributed by atoms with Crippen molar-refractivity contribution in [1.29, 1.82) is 0 Å². The van der Waals surface area contributed by atoms with Gasteiger partial charge in [0.15, 0.2) is 0 Å². The van der Waals surface area contributed by atoms with E-state index in [1.54, 1.807) is 12.1 Å². The average Bonchev–Trinajstić information content (AvgIpc) is 3.43. The number of carbonyl (C=O) groups is 2. The van der Waals surface area contributed by atoms with Crippen LogP contribution in [0.25, 0.3) is 0 Å². The van der Waals surface area contributed by atoms with E-state index in [2.05, 4.69) is 0 Å². The summed E-state index contributed by atoms with van der Waals surface area (Å²) < 4.78 is 20.5. The van der Waals surface area contributed by atoms with Gasteiger partial charge in [-0.2, -0.15) is 0 Å². The van der Waals surface area contributed by atoms with Gasteiger partial charge in [0.1, 0.15) is 25.4 Å². The summed E-state index contributed by atoms with van der Waals surface area (Å²) in [6, 6.07) is 5.04. The fourth-order valence-electron chi connectivity index (χ4n) is 2.13. The van der Waals surface area contributed by atoms with Crippen LogP contribution >= 0.6 is 0 Å². The molecule has 6 heteroatoms. The van der Waals surface area contributed by atoms with Crippen LogP contribution in [0.4, 0.5) is 0 Å². The first-order valence-electron chi connectivity index (χ1n) is 8.06. The Labute approximate surface area is 141 Å². The van der Waals surface area contributed by atoms with Crippen molar-refractivity contribution in [3.05, 3.63) is 34.9 Å². The van der Waals surface area contributed by atoms with E-state index in [4.69, 9.17) is 18.9 Å². The van der Waals surface area contributed by atoms with E-state index in [0.717, 1.165) is 5.56 Å². The minimum Gasteiger partial charge on any atom is -0.459 e. The van der Waals surface area contributed by atoms with Crippen LogP contribution < -0.4 is 0 Å². The van der Waals surface area contributed by atoms with Crippen LogP contribution in [-0.2, 0) is 24.4 Å². The molecule has 0 spiro atoms. The molecule has 2 fully saturated rings. The molecule has 2 aliphatic heterocycles. The van der Waals surface area contributed by atoms with Crippen LogP contribution in [0, 0.1) is 0 Å². The molecule has 2 atom stereocenters. The Morgan fingerprint density at radius 3 is 1.71 bits per heavy atom. The number of hydrogen-bond donors (Lipinski definition) is 0. The molecule has 0 bridgehead atoms. The predicted octanol–water partition coefficient (Wildman–Crippen LogP) is 2.10. The maximum atomic E-state index is 12.3. The van der Waals surface area contributed by atoms with E-state index >= 15 is 0 Å². The molecule has 0 N–H and O–H groups in total. The van der Waals surface area contributed by atoms with Gasteiger partial charge in [0.05, 0.1) is 24.3 Å². The predicted molar refractivity (Wildman–Crippen MR) is 85.2 cm³/mol. The summed E-state index contributed by atoms with van der Waals surface area (Å²) >= 11 is 0. The Morgan fingerprint density at radius 2 is 1.38 bits per heavy atom. The van der Waals surface area contributed by atoms with Crippen molar-refractivity contribution in [2.45, 2.75) is 38.4 Å². The van der Waals surface area contributed by atoms with Crippen LogP contribution in [0.2, 0.25) is 0 Å². The SMILES string of the molecule is CC(C)(C)c1cc(C(=O)OCC2CO2)cc(C(=O)OCC2CO2)c1. The van der Waals surface area contributed by atoms with Gasteiger partial charge in [-0.05, 0) is 29.2 Å². The summed E-state index contributed by atoms with van der Waals surface area (Å²) in [5.74, 6) is -0.924. The molecule has 24 heavy (non-hydrogen) atoms. The summed E-state index contributed by atoms with van der Waals surface area (Å²) in [6.07, 6.45) is 0.00505. The van der Waals surface area contributed by atoms with Crippen LogP contribution in [0.5, 0.6) is 0 Å². The summed E-state index contributed by atoms with van der Waals surface area (Å²) in [7, 11) is 0. The Kier molecular flexibility index (Phi) is 4.60. The molecule has 0 saturated carbocycles. The lowest BCUT2D eigenvalue weighted by Crippen LogP contribution is -2.18. The smallest absolute Gasteiger partial charge is 0.338 e. The molecule has 0 aliphatic carbocycles. The van der Waals surface area contributed by atoms with Crippen molar-refractivity contribution in [1.82, 2.24) is 0 Å². The van der Waals surface area contributed by atoms with Crippen LogP contribution in [0.3, 0.4) is 0 Å². The van der Waals surface area contributed by atoms with Gasteiger partial charge in [0.25, 0.3) is 0 Å². The average molecular weight is 334 g/mol. The normalized spacial score (nSPS) is 22.0. The maximum absolute atomic E-state index is 12.3. The van der Waals surface area contributed by atoms with Crippen molar-refractivity contribution < 1.29 is 28.5 Å². The number of epoxide rings is 2. The van der Waals surface area contributed by atoms with Crippen LogP contribution in [0.15, 0.2) is 18.2 Å². The second-order valence-electron chi connectivity index (χ2n) is 7.16. The number of benzene rings is 1. The van der Waals surface area contributed by atoms with Crippen molar-refractivity contribution >= 4 is 11.9 Å². The van der Waals surface area contributed by atoms with Gasteiger partial charge in [-0.15, -0.1) is 0 Å². The monoisotopic (exact) mass is 334 g/mol. The van der Waals surface area contributed by atoms with Gasteiger partial charge in [-0.1, -0.05) is 20.8 Å². The number of rotatable bonds is 6. The van der Waals surface area contributed by atoms with E-state index in [1.807, 2.05) is 20.8 Å². The van der Waals surface area contributed by atoms with Gasteiger partial charge in [0, 0.05) is 0 Å². The number of esters is 2. The lowest BCUT2D eigenvalue weighted by atomic mass is 9.85. The molecule has 2 unspecified atom stereocenters. The van der Waals surface area contributed by atoms with E-state index in [9.17, 15) is 9.59 Å². The zero-order valence-corrected chi connectivity index (χ0v) is 14.2. The molecule has 130 valence electrons. The van der Waals surface area contributed by atoms with Crippen molar-refractivity contribution in [3.63, 3.8) is 0 Å². The quantitative estimate of drug-likeness (QED) is 0.586. The Bertz CT molecular complexity index is 591. The largest absolute Gasteiger partial charge is 0.459 e. The molecule has 2 heterocycles. The highest BCUT2D eigenvalue weighted by atomic mass is 16.6. The third-order valence-corrected chi connectivity index (χ3v) is 3.88. The van der Waals surface area contributed by atoms with Crippen molar-refractivity contribution in [3.8, 4) is 0 Å². The minimum absolute atomic E-state index is 0.00252. The second-order valence-corrected chi connectivity index (χ2v) is 7.16. The van der Waals surface area contributed by atoms with Crippen molar-refractivity contribution in [2.75, 3.05) is 26.4 Å². The molecular weight excluding hydrogens is 312 g/mol. The molecule has 2 aliphatic rings. The van der Waals surface area contributed by atoms with E-state index < -0.39 is 11.9 Å². The fraction of sp³-hybridized carbons (Fsp3) is 0.556. The number of ether oxygens (including phenoxy) is 4. The van der Waals surface area contributed by atoms with E-state index in [0.29, 0.717) is 24.3 Å². The minimum atomic E-state index is -0.462. The summed E-state index contributed by atoms with van der Waals surface area (Å²) in [4.78, 5) is 24.5. The molecule has 6 nitrogen and oxygen atoms in total. The molecule has 0 radical (unpaired) electrons. The van der Waals surface area contributed by atoms with Gasteiger partial charge in [0.2, 0.25) is 0 Å². The third kappa shape index (κ3) is 4.55. The van der Waals surface area contributed by atoms with E-state index in [-0.39, 0.29) is 30.8 Å². The van der Waals surface area contributed by atoms with Crippen molar-refractivity contribution in [2.24, 2.45) is 0 Å². The standard InChI is InChI=1S/C18H22O6/c1-18(2,3)13-5-11(16(19)23-9-14-7-21-14)4-12(6-13)17(20)24-10-15-8-22-15/h4-6,14-15H,7-10H2,1-3H3. The molecule has 1 aromatic rings. The second kappa shape index (κ2) is 6.53. The first kappa shape index (κ1) is 16.9. The first-order chi connectivity index (χ1) is 11.3. The molecular formula is C18H22O6. The maximum Gasteiger partial charge on any atom is 0.338 e. The molecule has 3 rings (SSSR count). The summed E-state index contributed by atoms with van der Waals surface area (Å²) in [6.45, 7) is 7.76. The Balaban J connectivity index is 1.78. The zero-order valence-electron chi connectivity index (χ0n) is 14.2. The molecule has 0 amide bonds. The van der Waals surface area contributed by atoms with Crippen LogP contribution in [0.1, 0.15) is 47.1 Å². The molecule has 1 aromatic carbocycles. The lowest BCUT2D eigenvalue weighted by Gasteiger charge is -2.20. The van der Waals surface area contributed by atoms with Gasteiger partial charge >= 0.3 is 11.9 Å². The molecule has 2 saturated heterocycles. The fourth-order valence-corrected chi connectivity index (χ4v) is 2.13. The van der Waals surface area contributed by atoms with E-state index in [1.165, 1.54) is 6.07 Å². The number of hydrogen-bond acceptors (Lipinski definition) is 6. The van der Waals surface area contributed by atoms with Gasteiger partial charge in [-0.3, -0.25) is 0 Å². The molecule has 0 aromatic heterocycles. The third-order valence-electron chi connectivity index (χ3n) is 3.88. The highest BCUT2D eigenvalue weighted by Crippen LogP contribution is 2.26. The summed E-state index contributed by atoms with van der Waals surface area (Å²) in [5, 5.41) is 0. The topological polar surface area (TPSA) is 77.7 Å².